The number of rotatable bonds is 7. The molecule has 0 bridgehead atoms. The Balaban J connectivity index is 1.39. The van der Waals surface area contributed by atoms with Gasteiger partial charge in [0.1, 0.15) is 11.6 Å². The minimum atomic E-state index is -0.266. The maximum absolute atomic E-state index is 13.2. The zero-order valence-corrected chi connectivity index (χ0v) is 18.0. The van der Waals surface area contributed by atoms with Gasteiger partial charge in [-0.05, 0) is 48.7 Å². The van der Waals surface area contributed by atoms with Gasteiger partial charge < -0.3 is 4.90 Å². The van der Waals surface area contributed by atoms with E-state index in [9.17, 15) is 9.18 Å². The van der Waals surface area contributed by atoms with Crippen molar-refractivity contribution in [3.63, 3.8) is 0 Å². The van der Waals surface area contributed by atoms with Crippen molar-refractivity contribution >= 4 is 35.5 Å². The summed E-state index contributed by atoms with van der Waals surface area (Å²) < 4.78 is 13.0. The molecule has 0 aliphatic heterocycles. The van der Waals surface area contributed by atoms with E-state index in [-0.39, 0.29) is 23.5 Å². The topological polar surface area (TPSA) is 61.9 Å². The van der Waals surface area contributed by atoms with Crippen molar-refractivity contribution in [1.29, 1.82) is 0 Å². The number of nitrogens with one attached hydrogen (secondary N) is 1. The summed E-state index contributed by atoms with van der Waals surface area (Å²) in [5.74, 6) is 0.686. The number of aromatic nitrogens is 3. The number of H-pyrrole nitrogens is 1. The number of benzene rings is 2. The Morgan fingerprint density at radius 2 is 1.81 bits per heavy atom. The van der Waals surface area contributed by atoms with Crippen LogP contribution in [0.15, 0.2) is 59.8 Å². The van der Waals surface area contributed by atoms with Gasteiger partial charge in [-0.25, -0.2) is 9.37 Å². The van der Waals surface area contributed by atoms with Gasteiger partial charge in [0.2, 0.25) is 11.1 Å². The Hall–Kier alpha value is -2.93. The van der Waals surface area contributed by atoms with Crippen LogP contribution in [0, 0.1) is 5.82 Å². The van der Waals surface area contributed by atoms with Crippen LogP contribution in [0.25, 0.3) is 12.2 Å². The van der Waals surface area contributed by atoms with Crippen LogP contribution in [-0.2, 0) is 4.79 Å². The van der Waals surface area contributed by atoms with Gasteiger partial charge in [0, 0.05) is 11.7 Å². The monoisotopic (exact) mass is 436 g/mol. The molecule has 3 aromatic rings. The highest BCUT2D eigenvalue weighted by atomic mass is 32.2. The fraction of sp³-hybridized carbons (Fsp3) is 0.292. The zero-order chi connectivity index (χ0) is 21.5. The first-order valence-electron chi connectivity index (χ1n) is 10.5. The van der Waals surface area contributed by atoms with Crippen molar-refractivity contribution in [2.24, 2.45) is 0 Å². The van der Waals surface area contributed by atoms with E-state index >= 15 is 0 Å². The van der Waals surface area contributed by atoms with Crippen LogP contribution in [0.2, 0.25) is 0 Å². The SMILES string of the molecule is O=C(CSc1n[nH]c(/C=C\c2ccc(F)cc2)n1)N(c1ccccc1)C1CCCCC1. The van der Waals surface area contributed by atoms with Crippen LogP contribution < -0.4 is 4.90 Å². The van der Waals surface area contributed by atoms with E-state index in [0.29, 0.717) is 11.0 Å². The van der Waals surface area contributed by atoms with Crippen molar-refractivity contribution in [3.05, 3.63) is 71.8 Å². The molecule has 1 aliphatic carbocycles. The number of carbonyl (C=O) groups excluding carboxylic acids is 1. The van der Waals surface area contributed by atoms with E-state index in [0.717, 1.165) is 24.1 Å². The standard InChI is InChI=1S/C24H25FN4OS/c25-19-14-11-18(12-15-19)13-16-22-26-24(28-27-22)31-17-23(30)29(20-7-3-1-4-8-20)21-9-5-2-6-10-21/h1,3-4,7-8,11-16,21H,2,5-6,9-10,17H2,(H,26,27,28)/b16-13-. The first-order valence-corrected chi connectivity index (χ1v) is 11.5. The number of amides is 1. The summed E-state index contributed by atoms with van der Waals surface area (Å²) >= 11 is 1.33. The number of anilines is 1. The molecular formula is C24H25FN4OS. The normalized spacial score (nSPS) is 14.7. The predicted molar refractivity (Wildman–Crippen MR) is 123 cm³/mol. The average Bonchev–Trinajstić information content (AvgIpc) is 3.27. The summed E-state index contributed by atoms with van der Waals surface area (Å²) in [4.78, 5) is 19.5. The molecule has 31 heavy (non-hydrogen) atoms. The van der Waals surface area contributed by atoms with Gasteiger partial charge in [-0.2, -0.15) is 0 Å². The van der Waals surface area contributed by atoms with E-state index in [1.807, 2.05) is 41.3 Å². The van der Waals surface area contributed by atoms with Crippen molar-refractivity contribution in [3.8, 4) is 0 Å². The Kier molecular flexibility index (Phi) is 7.14. The van der Waals surface area contributed by atoms with Gasteiger partial charge in [-0.1, -0.05) is 67.4 Å². The highest BCUT2D eigenvalue weighted by Gasteiger charge is 2.27. The lowest BCUT2D eigenvalue weighted by molar-refractivity contribution is -0.116. The van der Waals surface area contributed by atoms with Crippen LogP contribution in [0.3, 0.4) is 0 Å². The summed E-state index contributed by atoms with van der Waals surface area (Å²) in [6, 6.07) is 16.4. The number of nitrogens with zero attached hydrogens (tertiary/aromatic N) is 3. The molecule has 0 saturated heterocycles. The number of carbonyl (C=O) groups is 1. The summed E-state index contributed by atoms with van der Waals surface area (Å²) in [6.45, 7) is 0. The summed E-state index contributed by atoms with van der Waals surface area (Å²) in [5, 5.41) is 7.60. The number of para-hydroxylation sites is 1. The number of halogens is 1. The predicted octanol–water partition coefficient (Wildman–Crippen LogP) is 5.57. The molecule has 0 unspecified atom stereocenters. The van der Waals surface area contributed by atoms with E-state index in [2.05, 4.69) is 15.2 Å². The summed E-state index contributed by atoms with van der Waals surface area (Å²) in [5.41, 5.74) is 1.83. The third-order valence-electron chi connectivity index (χ3n) is 5.35. The number of aromatic amines is 1. The highest BCUT2D eigenvalue weighted by molar-refractivity contribution is 7.99. The Labute approximate surface area is 185 Å². The molecule has 0 radical (unpaired) electrons. The van der Waals surface area contributed by atoms with Gasteiger partial charge in [0.25, 0.3) is 0 Å². The molecule has 1 saturated carbocycles. The molecule has 0 atom stereocenters. The van der Waals surface area contributed by atoms with Gasteiger partial charge >= 0.3 is 0 Å². The summed E-state index contributed by atoms with van der Waals surface area (Å²) in [7, 11) is 0. The molecule has 1 amide bonds. The molecule has 5 nitrogen and oxygen atoms in total. The van der Waals surface area contributed by atoms with Crippen molar-refractivity contribution in [2.45, 2.75) is 43.3 Å². The number of hydrogen-bond donors (Lipinski definition) is 1. The van der Waals surface area contributed by atoms with Gasteiger partial charge in [-0.3, -0.25) is 9.89 Å². The molecule has 0 spiro atoms. The van der Waals surface area contributed by atoms with Gasteiger partial charge in [0.05, 0.1) is 5.75 Å². The van der Waals surface area contributed by atoms with Crippen molar-refractivity contribution in [1.82, 2.24) is 15.2 Å². The molecular weight excluding hydrogens is 411 g/mol. The smallest absolute Gasteiger partial charge is 0.237 e. The molecule has 1 aliphatic rings. The molecule has 4 rings (SSSR count). The molecule has 1 fully saturated rings. The zero-order valence-electron chi connectivity index (χ0n) is 17.2. The lowest BCUT2D eigenvalue weighted by Crippen LogP contribution is -2.42. The maximum atomic E-state index is 13.2. The molecule has 160 valence electrons. The van der Waals surface area contributed by atoms with E-state index in [4.69, 9.17) is 0 Å². The van der Waals surface area contributed by atoms with E-state index < -0.39 is 0 Å². The van der Waals surface area contributed by atoms with Crippen LogP contribution in [-0.4, -0.2) is 32.9 Å². The minimum absolute atomic E-state index is 0.0799. The summed E-state index contributed by atoms with van der Waals surface area (Å²) in [6.07, 6.45) is 9.28. The fourth-order valence-electron chi connectivity index (χ4n) is 3.83. The molecule has 1 aromatic heterocycles. The minimum Gasteiger partial charge on any atom is -0.309 e. The second-order valence-electron chi connectivity index (χ2n) is 7.57. The molecule has 7 heteroatoms. The molecule has 2 aromatic carbocycles. The van der Waals surface area contributed by atoms with Crippen LogP contribution >= 0.6 is 11.8 Å². The molecule has 1 heterocycles. The second kappa shape index (κ2) is 10.4. The highest BCUT2D eigenvalue weighted by Crippen LogP contribution is 2.28. The third kappa shape index (κ3) is 5.82. The fourth-order valence-corrected chi connectivity index (χ4v) is 4.49. The number of hydrogen-bond acceptors (Lipinski definition) is 4. The lowest BCUT2D eigenvalue weighted by atomic mass is 9.93. The van der Waals surface area contributed by atoms with Crippen LogP contribution in [0.4, 0.5) is 10.1 Å². The number of thioether (sulfide) groups is 1. The average molecular weight is 437 g/mol. The second-order valence-corrected chi connectivity index (χ2v) is 8.51. The van der Waals surface area contributed by atoms with Gasteiger partial charge in [-0.15, -0.1) is 5.10 Å². The van der Waals surface area contributed by atoms with Gasteiger partial charge in [0.15, 0.2) is 0 Å². The first-order chi connectivity index (χ1) is 15.2. The van der Waals surface area contributed by atoms with Crippen molar-refractivity contribution < 1.29 is 9.18 Å². The van der Waals surface area contributed by atoms with Crippen LogP contribution in [0.5, 0.6) is 0 Å². The first kappa shape index (κ1) is 21.3. The van der Waals surface area contributed by atoms with Crippen LogP contribution in [0.1, 0.15) is 43.5 Å². The van der Waals surface area contributed by atoms with E-state index in [1.165, 1.54) is 43.2 Å². The van der Waals surface area contributed by atoms with Crippen molar-refractivity contribution in [2.75, 3.05) is 10.7 Å². The third-order valence-corrected chi connectivity index (χ3v) is 6.19. The quantitative estimate of drug-likeness (QED) is 0.492. The maximum Gasteiger partial charge on any atom is 0.237 e. The van der Waals surface area contributed by atoms with E-state index in [1.54, 1.807) is 18.2 Å². The Morgan fingerprint density at radius 1 is 1.06 bits per heavy atom. The Morgan fingerprint density at radius 3 is 2.55 bits per heavy atom. The lowest BCUT2D eigenvalue weighted by Gasteiger charge is -2.34. The largest absolute Gasteiger partial charge is 0.309 e. The Bertz CT molecular complexity index is 1010. The molecule has 1 N–H and O–H groups in total.